The van der Waals surface area contributed by atoms with Crippen LogP contribution in [-0.4, -0.2) is 50.7 Å². The van der Waals surface area contributed by atoms with Crippen molar-refractivity contribution < 1.29 is 14.7 Å². The van der Waals surface area contributed by atoms with Crippen LogP contribution in [0.4, 0.5) is 0 Å². The first-order valence-corrected chi connectivity index (χ1v) is 13.3. The summed E-state index contributed by atoms with van der Waals surface area (Å²) in [5, 5.41) is 10.2. The first-order valence-electron chi connectivity index (χ1n) is 10.5. The van der Waals surface area contributed by atoms with Gasteiger partial charge in [-0.1, -0.05) is 51.9 Å². The molecule has 2 unspecified atom stereocenters. The molecule has 6 heteroatoms. The minimum atomic E-state index is -1.14. The fourth-order valence-electron chi connectivity index (χ4n) is 3.48. The molecular formula is C19H41NO3SSi. The van der Waals surface area contributed by atoms with Gasteiger partial charge in [-0.25, -0.2) is 4.73 Å². The highest BCUT2D eigenvalue weighted by Gasteiger charge is 2.23. The minimum absolute atomic E-state index is 0.239. The van der Waals surface area contributed by atoms with E-state index in [1.54, 1.807) is 4.73 Å². The molecule has 0 amide bonds. The van der Waals surface area contributed by atoms with E-state index in [1.165, 1.54) is 57.0 Å². The van der Waals surface area contributed by atoms with Crippen LogP contribution in [0, 0.1) is 0 Å². The molecule has 1 saturated heterocycles. The number of hydrogen-bond acceptors (Lipinski definition) is 5. The second-order valence-corrected chi connectivity index (χ2v) is 10.8. The van der Waals surface area contributed by atoms with Crippen molar-refractivity contribution in [3.8, 4) is 0 Å². The van der Waals surface area contributed by atoms with E-state index < -0.39 is 8.96 Å². The lowest BCUT2D eigenvalue weighted by Crippen LogP contribution is -2.40. The van der Waals surface area contributed by atoms with E-state index in [0.717, 1.165) is 44.6 Å². The van der Waals surface area contributed by atoms with Gasteiger partial charge in [0.2, 0.25) is 0 Å². The Morgan fingerprint density at radius 3 is 2.60 bits per heavy atom. The molecule has 1 aliphatic heterocycles. The van der Waals surface area contributed by atoms with Gasteiger partial charge in [0.25, 0.3) is 0 Å². The molecule has 1 fully saturated rings. The van der Waals surface area contributed by atoms with Gasteiger partial charge in [-0.15, -0.1) is 0 Å². The SMILES string of the molecule is CCCCCCCCCOCOC1CCC[SiH](CCCS)N(O)CC1. The first-order chi connectivity index (χ1) is 12.3. The number of hydrogen-bond donors (Lipinski definition) is 2. The van der Waals surface area contributed by atoms with E-state index in [2.05, 4.69) is 19.6 Å². The summed E-state index contributed by atoms with van der Waals surface area (Å²) < 4.78 is 13.2. The van der Waals surface area contributed by atoms with Gasteiger partial charge in [0, 0.05) is 13.2 Å². The lowest BCUT2D eigenvalue weighted by Gasteiger charge is -2.30. The molecule has 0 aromatic heterocycles. The molecule has 4 nitrogen and oxygen atoms in total. The lowest BCUT2D eigenvalue weighted by molar-refractivity contribution is -0.104. The highest BCUT2D eigenvalue weighted by Crippen LogP contribution is 2.20. The van der Waals surface area contributed by atoms with Crippen LogP contribution >= 0.6 is 12.6 Å². The number of hydroxylamine groups is 1. The van der Waals surface area contributed by atoms with Crippen LogP contribution in [-0.2, 0) is 9.47 Å². The number of thiol groups is 1. The van der Waals surface area contributed by atoms with E-state index in [0.29, 0.717) is 6.79 Å². The summed E-state index contributed by atoms with van der Waals surface area (Å²) in [4.78, 5) is 0. The maximum absolute atomic E-state index is 10.2. The average Bonchev–Trinajstić information content (AvgIpc) is 2.61. The Morgan fingerprint density at radius 2 is 1.84 bits per heavy atom. The molecule has 25 heavy (non-hydrogen) atoms. The van der Waals surface area contributed by atoms with Gasteiger partial charge in [-0.05, 0) is 43.5 Å². The molecule has 0 spiro atoms. The molecule has 0 aromatic rings. The third-order valence-electron chi connectivity index (χ3n) is 5.14. The van der Waals surface area contributed by atoms with Gasteiger partial charge >= 0.3 is 0 Å². The zero-order valence-electron chi connectivity index (χ0n) is 16.3. The summed E-state index contributed by atoms with van der Waals surface area (Å²) in [6, 6.07) is 2.36. The van der Waals surface area contributed by atoms with E-state index in [-0.39, 0.29) is 6.10 Å². The third kappa shape index (κ3) is 12.4. The Morgan fingerprint density at radius 1 is 1.08 bits per heavy atom. The number of ether oxygens (including phenoxy) is 2. The van der Waals surface area contributed by atoms with Gasteiger partial charge in [0.05, 0.1) is 6.10 Å². The van der Waals surface area contributed by atoms with Crippen LogP contribution in [0.25, 0.3) is 0 Å². The third-order valence-corrected chi connectivity index (χ3v) is 8.71. The fourth-order valence-corrected chi connectivity index (χ4v) is 6.79. The predicted octanol–water partition coefficient (Wildman–Crippen LogP) is 5.02. The fraction of sp³-hybridized carbons (Fsp3) is 1.00. The van der Waals surface area contributed by atoms with Gasteiger partial charge < -0.3 is 14.7 Å². The standard InChI is InChI=1S/C19H41NO3SSi/c1-2-3-4-5-6-7-8-14-22-18-23-19-11-9-16-25(17-10-15-24)20(21)13-12-19/h19,21,24-25H,2-18H2,1H3. The van der Waals surface area contributed by atoms with Crippen LogP contribution in [0.1, 0.15) is 77.6 Å². The van der Waals surface area contributed by atoms with E-state index >= 15 is 0 Å². The van der Waals surface area contributed by atoms with Gasteiger partial charge in [0.1, 0.15) is 15.8 Å². The van der Waals surface area contributed by atoms with Crippen LogP contribution in [0.15, 0.2) is 0 Å². The number of unbranched alkanes of at least 4 members (excludes halogenated alkanes) is 6. The van der Waals surface area contributed by atoms with Crippen molar-refractivity contribution in [3.05, 3.63) is 0 Å². The summed E-state index contributed by atoms with van der Waals surface area (Å²) in [5.74, 6) is 0.930. The Labute approximate surface area is 162 Å². The lowest BCUT2D eigenvalue weighted by atomic mass is 10.1. The van der Waals surface area contributed by atoms with Crippen molar-refractivity contribution >= 4 is 21.6 Å². The summed E-state index contributed by atoms with van der Waals surface area (Å²) >= 11 is 4.29. The molecule has 2 atom stereocenters. The highest BCUT2D eigenvalue weighted by atomic mass is 32.1. The molecule has 0 aromatic carbocycles. The van der Waals surface area contributed by atoms with Crippen molar-refractivity contribution in [2.75, 3.05) is 25.7 Å². The molecule has 1 heterocycles. The maximum Gasteiger partial charge on any atom is 0.147 e. The second kappa shape index (κ2) is 16.6. The van der Waals surface area contributed by atoms with Crippen molar-refractivity contribution in [1.29, 1.82) is 0 Å². The normalized spacial score (nSPS) is 22.7. The molecule has 0 aliphatic carbocycles. The summed E-state index contributed by atoms with van der Waals surface area (Å²) in [6.07, 6.45) is 13.7. The van der Waals surface area contributed by atoms with E-state index in [4.69, 9.17) is 9.47 Å². The van der Waals surface area contributed by atoms with Crippen molar-refractivity contribution in [3.63, 3.8) is 0 Å². The van der Waals surface area contributed by atoms with E-state index in [9.17, 15) is 5.21 Å². The molecule has 0 radical (unpaired) electrons. The highest BCUT2D eigenvalue weighted by molar-refractivity contribution is 7.80. The van der Waals surface area contributed by atoms with Crippen LogP contribution in [0.3, 0.4) is 0 Å². The molecule has 1 N–H and O–H groups in total. The quantitative estimate of drug-likeness (QED) is 0.189. The monoisotopic (exact) mass is 391 g/mol. The van der Waals surface area contributed by atoms with Crippen molar-refractivity contribution in [2.24, 2.45) is 0 Å². The maximum atomic E-state index is 10.2. The molecule has 1 rings (SSSR count). The predicted molar refractivity (Wildman–Crippen MR) is 111 cm³/mol. The van der Waals surface area contributed by atoms with Gasteiger partial charge in [0.15, 0.2) is 0 Å². The number of rotatable bonds is 14. The molecule has 0 saturated carbocycles. The molecular weight excluding hydrogens is 350 g/mol. The molecule has 150 valence electrons. The topological polar surface area (TPSA) is 41.9 Å². The molecule has 0 bridgehead atoms. The average molecular weight is 392 g/mol. The zero-order chi connectivity index (χ0) is 18.2. The van der Waals surface area contributed by atoms with Crippen LogP contribution in [0.2, 0.25) is 12.1 Å². The van der Waals surface area contributed by atoms with Gasteiger partial charge in [-0.2, -0.15) is 12.6 Å². The Balaban J connectivity index is 1.99. The van der Waals surface area contributed by atoms with Crippen LogP contribution < -0.4 is 0 Å². The van der Waals surface area contributed by atoms with Crippen molar-refractivity contribution in [1.82, 2.24) is 4.73 Å². The second-order valence-electron chi connectivity index (χ2n) is 7.34. The summed E-state index contributed by atoms with van der Waals surface area (Å²) in [6.45, 7) is 4.23. The number of nitrogens with zero attached hydrogens (tertiary/aromatic N) is 1. The minimum Gasteiger partial charge on any atom is -0.355 e. The van der Waals surface area contributed by atoms with Crippen molar-refractivity contribution in [2.45, 2.75) is 95.7 Å². The largest absolute Gasteiger partial charge is 0.355 e. The van der Waals surface area contributed by atoms with E-state index in [1.807, 2.05) is 0 Å². The first kappa shape index (κ1) is 23.4. The Bertz CT molecular complexity index is 300. The zero-order valence-corrected chi connectivity index (χ0v) is 18.4. The Hall–Kier alpha value is 0.407. The van der Waals surface area contributed by atoms with Crippen LogP contribution in [0.5, 0.6) is 0 Å². The summed E-state index contributed by atoms with van der Waals surface area (Å²) in [5.41, 5.74) is 0. The Kier molecular flexibility index (Phi) is 15.5. The smallest absolute Gasteiger partial charge is 0.147 e. The molecule has 1 aliphatic rings. The van der Waals surface area contributed by atoms with Gasteiger partial charge in [-0.3, -0.25) is 0 Å². The summed E-state index contributed by atoms with van der Waals surface area (Å²) in [7, 11) is -1.14.